The molecule has 1 unspecified atom stereocenters. The smallest absolute Gasteiger partial charge is 0.0259 e. The van der Waals surface area contributed by atoms with Crippen LogP contribution in [-0.2, 0) is 0 Å². The second kappa shape index (κ2) is 6.01. The summed E-state index contributed by atoms with van der Waals surface area (Å²) in [5.74, 6) is 0.771. The second-order valence-electron chi connectivity index (χ2n) is 4.11. The van der Waals surface area contributed by atoms with Crippen molar-refractivity contribution in [1.29, 1.82) is 0 Å². The van der Waals surface area contributed by atoms with Gasteiger partial charge in [-0.3, -0.25) is 0 Å². The quantitative estimate of drug-likeness (QED) is 0.555. The normalized spacial score (nSPS) is 31.8. The van der Waals surface area contributed by atoms with Crippen molar-refractivity contribution in [2.45, 2.75) is 52.4 Å². The highest BCUT2D eigenvalue weighted by Gasteiger charge is 1.99. The van der Waals surface area contributed by atoms with Gasteiger partial charge in [-0.1, -0.05) is 50.5 Å². The van der Waals surface area contributed by atoms with Crippen LogP contribution in [0.25, 0.3) is 0 Å². The van der Waals surface area contributed by atoms with Crippen LogP contribution in [0.2, 0.25) is 0 Å². The standard InChI is InChI=1S/C13H22/c1-3-13-9-7-5-4-6-8-12(2)10-11-13/h9-12H,3-8H2,1-2H3/b11-10-,13-9+. The van der Waals surface area contributed by atoms with E-state index in [0.717, 1.165) is 5.92 Å². The van der Waals surface area contributed by atoms with E-state index in [0.29, 0.717) is 0 Å². The molecule has 1 rings (SSSR count). The minimum Gasteiger partial charge on any atom is -0.0814 e. The Morgan fingerprint density at radius 2 is 2.15 bits per heavy atom. The Morgan fingerprint density at radius 3 is 2.92 bits per heavy atom. The van der Waals surface area contributed by atoms with Crippen molar-refractivity contribution in [3.63, 3.8) is 0 Å². The molecule has 0 aromatic heterocycles. The summed E-state index contributed by atoms with van der Waals surface area (Å²) in [6.07, 6.45) is 15.1. The fourth-order valence-electron chi connectivity index (χ4n) is 1.79. The van der Waals surface area contributed by atoms with E-state index < -0.39 is 0 Å². The van der Waals surface area contributed by atoms with E-state index in [1.54, 1.807) is 0 Å². The van der Waals surface area contributed by atoms with Crippen molar-refractivity contribution < 1.29 is 0 Å². The maximum atomic E-state index is 2.41. The Labute approximate surface area is 82.7 Å². The van der Waals surface area contributed by atoms with Crippen LogP contribution >= 0.6 is 0 Å². The summed E-state index contributed by atoms with van der Waals surface area (Å²) < 4.78 is 0. The Kier molecular flexibility index (Phi) is 4.88. The van der Waals surface area contributed by atoms with Gasteiger partial charge in [0.2, 0.25) is 0 Å². The Morgan fingerprint density at radius 1 is 1.31 bits per heavy atom. The second-order valence-corrected chi connectivity index (χ2v) is 4.11. The third kappa shape index (κ3) is 4.31. The largest absolute Gasteiger partial charge is 0.0814 e. The fourth-order valence-corrected chi connectivity index (χ4v) is 1.79. The highest BCUT2D eigenvalue weighted by Crippen LogP contribution is 2.16. The SMILES string of the molecule is CCC1=C\CCCCCC(C)/C=C\1. The van der Waals surface area contributed by atoms with Crippen molar-refractivity contribution in [3.8, 4) is 0 Å². The van der Waals surface area contributed by atoms with Gasteiger partial charge in [-0.15, -0.1) is 0 Å². The molecule has 0 nitrogen and oxygen atoms in total. The van der Waals surface area contributed by atoms with Crippen LogP contribution < -0.4 is 0 Å². The average molecular weight is 178 g/mol. The lowest BCUT2D eigenvalue weighted by molar-refractivity contribution is 0.564. The van der Waals surface area contributed by atoms with Gasteiger partial charge >= 0.3 is 0 Å². The zero-order valence-corrected chi connectivity index (χ0v) is 9.05. The average Bonchev–Trinajstić information content (AvgIpc) is 2.16. The molecule has 0 N–H and O–H groups in total. The van der Waals surface area contributed by atoms with Gasteiger partial charge in [-0.05, 0) is 31.6 Å². The molecule has 0 spiro atoms. The van der Waals surface area contributed by atoms with Crippen LogP contribution in [0.3, 0.4) is 0 Å². The first-order valence-electron chi connectivity index (χ1n) is 5.70. The van der Waals surface area contributed by atoms with Crippen LogP contribution in [0, 0.1) is 5.92 Å². The molecule has 0 saturated carbocycles. The van der Waals surface area contributed by atoms with E-state index in [1.165, 1.54) is 44.1 Å². The van der Waals surface area contributed by atoms with Crippen molar-refractivity contribution in [1.82, 2.24) is 0 Å². The van der Waals surface area contributed by atoms with Crippen molar-refractivity contribution >= 4 is 0 Å². The van der Waals surface area contributed by atoms with Gasteiger partial charge in [0.15, 0.2) is 0 Å². The van der Waals surface area contributed by atoms with Crippen LogP contribution in [0.5, 0.6) is 0 Å². The lowest BCUT2D eigenvalue weighted by Gasteiger charge is -2.08. The summed E-state index contributed by atoms with van der Waals surface area (Å²) in [6.45, 7) is 4.57. The fraction of sp³-hybridized carbons (Fsp3) is 0.692. The first-order chi connectivity index (χ1) is 6.33. The van der Waals surface area contributed by atoms with Crippen LogP contribution in [0.15, 0.2) is 23.8 Å². The molecule has 0 saturated heterocycles. The van der Waals surface area contributed by atoms with Gasteiger partial charge in [0.05, 0.1) is 0 Å². The van der Waals surface area contributed by atoms with Gasteiger partial charge in [0, 0.05) is 0 Å². The topological polar surface area (TPSA) is 0 Å². The molecular formula is C13H22. The zero-order valence-electron chi connectivity index (χ0n) is 9.05. The molecule has 0 aromatic rings. The molecule has 0 bridgehead atoms. The highest BCUT2D eigenvalue weighted by molar-refractivity contribution is 5.18. The molecule has 0 aliphatic heterocycles. The molecule has 0 aromatic carbocycles. The molecule has 1 aliphatic rings. The first-order valence-corrected chi connectivity index (χ1v) is 5.70. The molecule has 0 fully saturated rings. The summed E-state index contributed by atoms with van der Waals surface area (Å²) in [4.78, 5) is 0. The van der Waals surface area contributed by atoms with Gasteiger partial charge in [-0.25, -0.2) is 0 Å². The number of rotatable bonds is 1. The molecule has 0 heteroatoms. The molecule has 13 heavy (non-hydrogen) atoms. The summed E-state index contributed by atoms with van der Waals surface area (Å²) in [7, 11) is 0. The molecular weight excluding hydrogens is 156 g/mol. The first kappa shape index (κ1) is 10.6. The van der Waals surface area contributed by atoms with Crippen molar-refractivity contribution in [2.24, 2.45) is 5.92 Å². The number of allylic oxidation sites excluding steroid dienone is 4. The lowest BCUT2D eigenvalue weighted by atomic mass is 9.98. The highest BCUT2D eigenvalue weighted by atomic mass is 14.1. The zero-order chi connectivity index (χ0) is 9.52. The van der Waals surface area contributed by atoms with Crippen LogP contribution in [0.1, 0.15) is 52.4 Å². The van der Waals surface area contributed by atoms with E-state index in [1.807, 2.05) is 0 Å². The molecule has 1 atom stereocenters. The molecule has 1 aliphatic carbocycles. The maximum absolute atomic E-state index is 2.41. The molecule has 74 valence electrons. The summed E-state index contributed by atoms with van der Waals surface area (Å²) >= 11 is 0. The van der Waals surface area contributed by atoms with Gasteiger partial charge in [0.25, 0.3) is 0 Å². The van der Waals surface area contributed by atoms with Gasteiger partial charge < -0.3 is 0 Å². The molecule has 0 radical (unpaired) electrons. The van der Waals surface area contributed by atoms with Crippen LogP contribution in [-0.4, -0.2) is 0 Å². The Hall–Kier alpha value is -0.520. The third-order valence-corrected chi connectivity index (χ3v) is 2.82. The Bertz CT molecular complexity index is 186. The minimum atomic E-state index is 0.771. The monoisotopic (exact) mass is 178 g/mol. The van der Waals surface area contributed by atoms with E-state index in [2.05, 4.69) is 32.1 Å². The number of hydrogen-bond donors (Lipinski definition) is 0. The molecule has 0 amide bonds. The number of hydrogen-bond acceptors (Lipinski definition) is 0. The lowest BCUT2D eigenvalue weighted by Crippen LogP contribution is -1.92. The van der Waals surface area contributed by atoms with E-state index in [-0.39, 0.29) is 0 Å². The Balaban J connectivity index is 2.56. The van der Waals surface area contributed by atoms with E-state index in [4.69, 9.17) is 0 Å². The summed E-state index contributed by atoms with van der Waals surface area (Å²) in [6, 6.07) is 0. The van der Waals surface area contributed by atoms with E-state index in [9.17, 15) is 0 Å². The maximum Gasteiger partial charge on any atom is -0.0259 e. The van der Waals surface area contributed by atoms with E-state index >= 15 is 0 Å². The van der Waals surface area contributed by atoms with Gasteiger partial charge in [-0.2, -0.15) is 0 Å². The minimum absolute atomic E-state index is 0.771. The van der Waals surface area contributed by atoms with Crippen LogP contribution in [0.4, 0.5) is 0 Å². The summed E-state index contributed by atoms with van der Waals surface area (Å²) in [5.41, 5.74) is 1.52. The molecule has 0 heterocycles. The van der Waals surface area contributed by atoms with Crippen molar-refractivity contribution in [2.75, 3.05) is 0 Å². The predicted molar refractivity (Wildman–Crippen MR) is 59.8 cm³/mol. The predicted octanol–water partition coefficient (Wildman–Crippen LogP) is 4.48. The summed E-state index contributed by atoms with van der Waals surface area (Å²) in [5, 5.41) is 0. The third-order valence-electron chi connectivity index (χ3n) is 2.82. The van der Waals surface area contributed by atoms with Gasteiger partial charge in [0.1, 0.15) is 0 Å². The van der Waals surface area contributed by atoms with Crippen molar-refractivity contribution in [3.05, 3.63) is 23.8 Å².